The Kier molecular flexibility index (Phi) is 23.4. The van der Waals surface area contributed by atoms with Gasteiger partial charge in [0.1, 0.15) is 181 Å². The SMILES string of the molecule is COc1ccc(-c2cc(=O)c3c(O)cc(O)cc3o2)cc1O.O=c1c(-c2ccc(O)cc2)coc2cc(O)cc(O)c12.O=c1c(O)c(-c2ccc(O)c(O)c2)oc2cc(O)cc(O)c12.O=c1cc(-c2ccc(O)c(O)c2)oc2cc(O)cc(O)c12.O=c1cc(-c2ccc(O)cc2)oc2cc(O)cc(O)c12.O=c1cc(-c2ccc(O)cc2)oc2cc(O)cc(O)c12. The second-order valence-corrected chi connectivity index (χ2v) is 26.9. The van der Waals surface area contributed by atoms with Crippen molar-refractivity contribution < 1.29 is 138 Å². The molecule has 630 valence electrons. The molecule has 21 N–H and O–H groups in total. The Balaban J connectivity index is 0.000000129. The predicted molar refractivity (Wildman–Crippen MR) is 449 cm³/mol. The van der Waals surface area contributed by atoms with Crippen molar-refractivity contribution in [2.75, 3.05) is 7.11 Å². The number of ether oxygens (including phenoxy) is 1. The fraction of sp³-hybridized carbons (Fsp3) is 0.0110. The van der Waals surface area contributed by atoms with E-state index in [0.717, 1.165) is 60.7 Å². The van der Waals surface area contributed by atoms with Crippen LogP contribution < -0.4 is 37.3 Å². The van der Waals surface area contributed by atoms with E-state index in [2.05, 4.69) is 0 Å². The monoisotopic (exact) mass is 1700 g/mol. The van der Waals surface area contributed by atoms with Crippen molar-refractivity contribution >= 4 is 65.8 Å². The molecule has 0 amide bonds. The summed E-state index contributed by atoms with van der Waals surface area (Å²) in [6, 6.07) is 49.0. The summed E-state index contributed by atoms with van der Waals surface area (Å²) in [6.45, 7) is 0. The maximum Gasteiger partial charge on any atom is 0.238 e. The molecule has 0 spiro atoms. The minimum Gasteiger partial charge on any atom is -0.508 e. The molecular weight excluding hydrogens is 1640 g/mol. The van der Waals surface area contributed by atoms with Crippen LogP contribution >= 0.6 is 0 Å². The first kappa shape index (κ1) is 84.4. The highest BCUT2D eigenvalue weighted by Gasteiger charge is 2.23. The summed E-state index contributed by atoms with van der Waals surface area (Å²) in [4.78, 5) is 72.7. The Bertz CT molecular complexity index is 7530. The Labute approximate surface area is 694 Å². The molecule has 18 rings (SSSR count). The third-order valence-corrected chi connectivity index (χ3v) is 18.4. The Morgan fingerprint density at radius 3 is 0.848 bits per heavy atom. The molecule has 0 saturated heterocycles. The number of fused-ring (bicyclic) bond motifs is 6. The molecule has 125 heavy (non-hydrogen) atoms. The van der Waals surface area contributed by atoms with E-state index in [0.29, 0.717) is 33.6 Å². The number of hydrogen-bond donors (Lipinski definition) is 21. The molecule has 0 saturated carbocycles. The van der Waals surface area contributed by atoms with Gasteiger partial charge in [0, 0.05) is 125 Å². The standard InChI is InChI=1S/C16H12O6.C15H10O7.C15H10O6.3C15H10O5/c1-21-13-3-2-8(4-10(13)18)14-7-12(20)16-11(19)5-9(17)6-15(16)22-14;16-7-4-10(19)12-11(5-7)22-15(14(21)13(12)20)6-1-2-8(17)9(18)3-6;16-8-4-11(19)15-12(20)6-13(21-14(15)5-8)7-1-2-9(17)10(18)3-7;16-9-3-1-8(2-4-9)11-7-20-13-6-10(17)5-12(18)14(13)15(11)19;2*16-9-3-1-8(2-4-9)13-7-12(19)15-11(18)5-10(17)6-14(15)20-13/h2-7,17-19H,1H3;1-5,16-19,21H;1-6,16-19H;3*1-7,16-18H. The van der Waals surface area contributed by atoms with Gasteiger partial charge in [-0.3, -0.25) is 28.8 Å². The molecule has 0 aliphatic carbocycles. The van der Waals surface area contributed by atoms with Gasteiger partial charge in [-0.25, -0.2) is 0 Å². The lowest BCUT2D eigenvalue weighted by molar-refractivity contribution is 0.373. The van der Waals surface area contributed by atoms with Gasteiger partial charge in [-0.1, -0.05) is 12.1 Å². The smallest absolute Gasteiger partial charge is 0.238 e. The average Bonchev–Trinajstić information content (AvgIpc) is 0.779. The molecule has 6 aromatic heterocycles. The summed E-state index contributed by atoms with van der Waals surface area (Å²) in [7, 11) is 1.43. The first-order valence-corrected chi connectivity index (χ1v) is 36.0. The van der Waals surface area contributed by atoms with Crippen molar-refractivity contribution in [1.29, 1.82) is 0 Å². The van der Waals surface area contributed by atoms with Crippen LogP contribution in [0, 0.1) is 0 Å². The van der Waals surface area contributed by atoms with E-state index in [1.165, 1.54) is 135 Å². The van der Waals surface area contributed by atoms with Crippen LogP contribution in [0.2, 0.25) is 0 Å². The highest BCUT2D eigenvalue weighted by molar-refractivity contribution is 5.92. The lowest BCUT2D eigenvalue weighted by atomic mass is 10.0. The zero-order chi connectivity index (χ0) is 89.8. The fourth-order valence-corrected chi connectivity index (χ4v) is 12.6. The molecule has 0 unspecified atom stereocenters. The highest BCUT2D eigenvalue weighted by Crippen LogP contribution is 2.42. The van der Waals surface area contributed by atoms with Gasteiger partial charge in [-0.15, -0.1) is 0 Å². The van der Waals surface area contributed by atoms with Crippen molar-refractivity contribution in [3.63, 3.8) is 0 Å². The van der Waals surface area contributed by atoms with Crippen molar-refractivity contribution in [2.45, 2.75) is 0 Å². The second kappa shape index (κ2) is 34.6. The molecule has 34 nitrogen and oxygen atoms in total. The highest BCUT2D eigenvalue weighted by atomic mass is 16.5. The van der Waals surface area contributed by atoms with Crippen LogP contribution in [0.15, 0.2) is 286 Å². The number of aromatic hydroxyl groups is 21. The van der Waals surface area contributed by atoms with Crippen LogP contribution in [-0.2, 0) is 0 Å². The van der Waals surface area contributed by atoms with E-state index in [1.807, 2.05) is 0 Å². The van der Waals surface area contributed by atoms with Gasteiger partial charge in [0.2, 0.25) is 16.6 Å². The molecule has 0 atom stereocenters. The summed E-state index contributed by atoms with van der Waals surface area (Å²) < 4.78 is 37.7. The summed E-state index contributed by atoms with van der Waals surface area (Å²) in [5.74, 6) is -4.73. The van der Waals surface area contributed by atoms with Gasteiger partial charge in [0.25, 0.3) is 0 Å². The summed E-state index contributed by atoms with van der Waals surface area (Å²) >= 11 is 0. The molecule has 0 bridgehead atoms. The zero-order valence-electron chi connectivity index (χ0n) is 63.6. The first-order valence-electron chi connectivity index (χ1n) is 36.0. The van der Waals surface area contributed by atoms with Gasteiger partial charge >= 0.3 is 0 Å². The largest absolute Gasteiger partial charge is 0.508 e. The van der Waals surface area contributed by atoms with Gasteiger partial charge in [0.05, 0.1) is 12.7 Å². The molecule has 0 fully saturated rings. The zero-order valence-corrected chi connectivity index (χ0v) is 63.6. The Morgan fingerprint density at radius 2 is 0.504 bits per heavy atom. The minimum atomic E-state index is -0.888. The number of rotatable bonds is 7. The molecule has 18 aromatic rings. The van der Waals surface area contributed by atoms with Crippen molar-refractivity contribution in [2.24, 2.45) is 0 Å². The molecule has 6 heterocycles. The number of methoxy groups -OCH3 is 1. The maximum atomic E-state index is 12.4. The quantitative estimate of drug-likeness (QED) is 0.0659. The van der Waals surface area contributed by atoms with Gasteiger partial charge in [-0.05, 0) is 121 Å². The van der Waals surface area contributed by atoms with Gasteiger partial charge < -0.3 is 138 Å². The molecule has 0 aliphatic heterocycles. The van der Waals surface area contributed by atoms with Crippen LogP contribution in [0.5, 0.6) is 126 Å². The van der Waals surface area contributed by atoms with E-state index < -0.39 is 49.8 Å². The van der Waals surface area contributed by atoms with Crippen LogP contribution in [0.4, 0.5) is 0 Å². The first-order chi connectivity index (χ1) is 59.5. The number of benzene rings is 12. The summed E-state index contributed by atoms with van der Waals surface area (Å²) in [5.41, 5.74) is 0.155. The minimum absolute atomic E-state index is 0.00775. The number of phenols is 20. The molecule has 12 aromatic carbocycles. The second-order valence-electron chi connectivity index (χ2n) is 26.9. The lowest BCUT2D eigenvalue weighted by Gasteiger charge is -2.08. The summed E-state index contributed by atoms with van der Waals surface area (Å²) in [5, 5.41) is 200. The van der Waals surface area contributed by atoms with Gasteiger partial charge in [-0.2, -0.15) is 0 Å². The molecule has 34 heteroatoms. The average molecular weight is 1700 g/mol. The van der Waals surface area contributed by atoms with Crippen LogP contribution in [-0.4, -0.2) is 114 Å². The number of phenolic OH excluding ortho intramolecular Hbond substituents is 20. The Hall–Kier alpha value is -18.5. The molecule has 0 radical (unpaired) electrons. The van der Waals surface area contributed by atoms with Crippen molar-refractivity contribution in [3.05, 3.63) is 292 Å². The third-order valence-electron chi connectivity index (χ3n) is 18.4. The van der Waals surface area contributed by atoms with Crippen LogP contribution in [0.25, 0.3) is 134 Å². The van der Waals surface area contributed by atoms with E-state index in [1.54, 1.807) is 42.5 Å². The predicted octanol–water partition coefficient (Wildman–Crippen LogP) is 14.6. The molecule has 0 aliphatic rings. The van der Waals surface area contributed by atoms with Crippen LogP contribution in [0.3, 0.4) is 0 Å². The molecular formula is C91H62O34. The van der Waals surface area contributed by atoms with E-state index in [9.17, 15) is 136 Å². The normalized spacial score (nSPS) is 10.8. The van der Waals surface area contributed by atoms with Crippen LogP contribution in [0.1, 0.15) is 0 Å². The third kappa shape index (κ3) is 18.2. The Morgan fingerprint density at radius 1 is 0.224 bits per heavy atom. The summed E-state index contributed by atoms with van der Waals surface area (Å²) in [6.07, 6.45) is 1.26. The van der Waals surface area contributed by atoms with Crippen molar-refractivity contribution in [1.82, 2.24) is 0 Å². The lowest BCUT2D eigenvalue weighted by Crippen LogP contribution is -2.04. The maximum absolute atomic E-state index is 12.4. The van der Waals surface area contributed by atoms with Gasteiger partial charge in [0.15, 0.2) is 62.0 Å². The van der Waals surface area contributed by atoms with E-state index >= 15 is 0 Å². The van der Waals surface area contributed by atoms with E-state index in [-0.39, 0.29) is 209 Å². The topological polar surface area (TPSA) is 615 Å². The van der Waals surface area contributed by atoms with E-state index in [4.69, 9.17) is 31.2 Å². The number of hydrogen-bond acceptors (Lipinski definition) is 34. The fourth-order valence-electron chi connectivity index (χ4n) is 12.6. The van der Waals surface area contributed by atoms with Crippen molar-refractivity contribution in [3.8, 4) is 194 Å².